The van der Waals surface area contributed by atoms with E-state index in [1.165, 1.54) is 12.8 Å². The molecule has 0 amide bonds. The largest absolute Gasteiger partial charge is 0.371 e. The molecule has 3 rings (SSSR count). The van der Waals surface area contributed by atoms with Crippen LogP contribution in [-0.2, 0) is 4.74 Å². The lowest BCUT2D eigenvalue weighted by molar-refractivity contribution is -0.265. The van der Waals surface area contributed by atoms with Gasteiger partial charge in [-0.3, -0.25) is 0 Å². The molecule has 3 fully saturated rings. The standard InChI is InChI=1S/C12H22O/c1-8-6-11(4)7-9(2)12(8,5)13-10(11)3/h8-10H,6-7H2,1-5H3. The van der Waals surface area contributed by atoms with Gasteiger partial charge in [-0.2, -0.15) is 0 Å². The summed E-state index contributed by atoms with van der Waals surface area (Å²) < 4.78 is 6.20. The van der Waals surface area contributed by atoms with E-state index in [4.69, 9.17) is 4.74 Å². The molecule has 2 heterocycles. The average molecular weight is 182 g/mol. The third-order valence-corrected chi connectivity index (χ3v) is 4.91. The lowest BCUT2D eigenvalue weighted by Crippen LogP contribution is -2.61. The Balaban J connectivity index is 2.34. The van der Waals surface area contributed by atoms with Crippen LogP contribution in [0.4, 0.5) is 0 Å². The normalized spacial score (nSPS) is 61.2. The van der Waals surface area contributed by atoms with Crippen LogP contribution < -0.4 is 0 Å². The number of ether oxygens (including phenoxy) is 1. The second-order valence-electron chi connectivity index (χ2n) is 5.81. The van der Waals surface area contributed by atoms with Crippen molar-refractivity contribution in [3.05, 3.63) is 0 Å². The summed E-state index contributed by atoms with van der Waals surface area (Å²) >= 11 is 0. The van der Waals surface area contributed by atoms with Gasteiger partial charge in [0.15, 0.2) is 0 Å². The van der Waals surface area contributed by atoms with E-state index in [1.54, 1.807) is 0 Å². The Morgan fingerprint density at radius 2 is 1.46 bits per heavy atom. The van der Waals surface area contributed by atoms with E-state index in [2.05, 4.69) is 34.6 Å². The summed E-state index contributed by atoms with van der Waals surface area (Å²) in [5.41, 5.74) is 0.591. The second kappa shape index (κ2) is 2.50. The van der Waals surface area contributed by atoms with Crippen LogP contribution in [0.2, 0.25) is 0 Å². The maximum atomic E-state index is 6.20. The predicted molar refractivity (Wildman–Crippen MR) is 54.6 cm³/mol. The molecule has 2 aliphatic heterocycles. The van der Waals surface area contributed by atoms with Crippen molar-refractivity contribution in [3.8, 4) is 0 Å². The fourth-order valence-corrected chi connectivity index (χ4v) is 3.46. The SMILES string of the molecule is CC1OC2(C)C(C)CC1(C)CC2C. The van der Waals surface area contributed by atoms with E-state index >= 15 is 0 Å². The molecule has 1 nitrogen and oxygen atoms in total. The molecule has 1 aliphatic carbocycles. The van der Waals surface area contributed by atoms with E-state index in [0.29, 0.717) is 11.5 Å². The Bertz CT molecular complexity index is 209. The summed E-state index contributed by atoms with van der Waals surface area (Å²) in [6, 6.07) is 0. The van der Waals surface area contributed by atoms with Crippen LogP contribution in [0.3, 0.4) is 0 Å². The Morgan fingerprint density at radius 3 is 1.92 bits per heavy atom. The molecule has 3 aliphatic rings. The van der Waals surface area contributed by atoms with Gasteiger partial charge in [0.25, 0.3) is 0 Å². The van der Waals surface area contributed by atoms with Crippen LogP contribution in [0.5, 0.6) is 0 Å². The van der Waals surface area contributed by atoms with Gasteiger partial charge in [-0.05, 0) is 43.9 Å². The predicted octanol–water partition coefficient (Wildman–Crippen LogP) is 3.24. The molecule has 0 N–H and O–H groups in total. The van der Waals surface area contributed by atoms with Gasteiger partial charge in [0.2, 0.25) is 0 Å². The molecule has 0 aromatic rings. The van der Waals surface area contributed by atoms with Gasteiger partial charge in [-0.15, -0.1) is 0 Å². The quantitative estimate of drug-likeness (QED) is 0.559. The summed E-state index contributed by atoms with van der Waals surface area (Å²) in [6.45, 7) is 11.6. The zero-order chi connectivity index (χ0) is 9.85. The molecule has 76 valence electrons. The van der Waals surface area contributed by atoms with Crippen LogP contribution >= 0.6 is 0 Å². The van der Waals surface area contributed by atoms with Crippen LogP contribution in [0, 0.1) is 17.3 Å². The number of rotatable bonds is 0. The summed E-state index contributed by atoms with van der Waals surface area (Å²) in [7, 11) is 0. The van der Waals surface area contributed by atoms with Crippen molar-refractivity contribution >= 4 is 0 Å². The molecular formula is C12H22O. The first-order valence-corrected chi connectivity index (χ1v) is 5.56. The van der Waals surface area contributed by atoms with E-state index in [1.807, 2.05) is 0 Å². The Morgan fingerprint density at radius 1 is 1.00 bits per heavy atom. The number of hydrogen-bond donors (Lipinski definition) is 0. The van der Waals surface area contributed by atoms with Crippen molar-refractivity contribution in [2.45, 2.75) is 59.2 Å². The molecule has 0 aromatic carbocycles. The van der Waals surface area contributed by atoms with Gasteiger partial charge in [-0.25, -0.2) is 0 Å². The fourth-order valence-electron chi connectivity index (χ4n) is 3.46. The smallest absolute Gasteiger partial charge is 0.0709 e. The number of fused-ring (bicyclic) bond motifs is 3. The summed E-state index contributed by atoms with van der Waals surface area (Å²) in [6.07, 6.45) is 3.13. The molecular weight excluding hydrogens is 160 g/mol. The van der Waals surface area contributed by atoms with Crippen LogP contribution in [0.1, 0.15) is 47.5 Å². The van der Waals surface area contributed by atoms with Crippen LogP contribution in [-0.4, -0.2) is 11.7 Å². The highest BCUT2D eigenvalue weighted by Gasteiger charge is 2.56. The third kappa shape index (κ3) is 1.09. The minimum atomic E-state index is 0.150. The highest BCUT2D eigenvalue weighted by Crippen LogP contribution is 2.57. The van der Waals surface area contributed by atoms with Crippen molar-refractivity contribution < 1.29 is 4.74 Å². The highest BCUT2D eigenvalue weighted by molar-refractivity contribution is 5.05. The maximum absolute atomic E-state index is 6.20. The van der Waals surface area contributed by atoms with Crippen molar-refractivity contribution in [1.82, 2.24) is 0 Å². The van der Waals surface area contributed by atoms with Crippen molar-refractivity contribution in [2.75, 3.05) is 0 Å². The van der Waals surface area contributed by atoms with E-state index in [9.17, 15) is 0 Å². The summed E-state index contributed by atoms with van der Waals surface area (Å²) in [4.78, 5) is 0. The molecule has 2 saturated heterocycles. The van der Waals surface area contributed by atoms with Crippen LogP contribution in [0.25, 0.3) is 0 Å². The third-order valence-electron chi connectivity index (χ3n) is 4.91. The Kier molecular flexibility index (Phi) is 1.83. The fraction of sp³-hybridized carbons (Fsp3) is 1.00. The van der Waals surface area contributed by atoms with Gasteiger partial charge < -0.3 is 4.74 Å². The molecule has 0 radical (unpaired) electrons. The number of hydrogen-bond acceptors (Lipinski definition) is 1. The highest BCUT2D eigenvalue weighted by atomic mass is 16.5. The Hall–Kier alpha value is -0.0400. The zero-order valence-electron chi connectivity index (χ0n) is 9.55. The lowest BCUT2D eigenvalue weighted by atomic mass is 9.56. The molecule has 2 bridgehead atoms. The minimum absolute atomic E-state index is 0.150. The van der Waals surface area contributed by atoms with Crippen molar-refractivity contribution in [3.63, 3.8) is 0 Å². The molecule has 0 spiro atoms. The first-order valence-electron chi connectivity index (χ1n) is 5.56. The van der Waals surface area contributed by atoms with E-state index in [0.717, 1.165) is 11.8 Å². The van der Waals surface area contributed by atoms with Gasteiger partial charge >= 0.3 is 0 Å². The second-order valence-corrected chi connectivity index (χ2v) is 5.81. The molecule has 1 heteroatoms. The molecule has 0 aromatic heterocycles. The summed E-state index contributed by atoms with van der Waals surface area (Å²) in [5.74, 6) is 1.44. The maximum Gasteiger partial charge on any atom is 0.0709 e. The molecule has 1 saturated carbocycles. The minimum Gasteiger partial charge on any atom is -0.371 e. The zero-order valence-corrected chi connectivity index (χ0v) is 9.55. The molecule has 13 heavy (non-hydrogen) atoms. The first kappa shape index (κ1) is 9.51. The van der Waals surface area contributed by atoms with E-state index in [-0.39, 0.29) is 5.60 Å². The topological polar surface area (TPSA) is 9.23 Å². The van der Waals surface area contributed by atoms with Gasteiger partial charge in [0, 0.05) is 0 Å². The van der Waals surface area contributed by atoms with Crippen molar-refractivity contribution in [2.24, 2.45) is 17.3 Å². The monoisotopic (exact) mass is 182 g/mol. The Labute approximate surface area is 81.9 Å². The summed E-state index contributed by atoms with van der Waals surface area (Å²) in [5, 5.41) is 0. The van der Waals surface area contributed by atoms with Gasteiger partial charge in [0.05, 0.1) is 11.7 Å². The average Bonchev–Trinajstić information content (AvgIpc) is 1.98. The lowest BCUT2D eigenvalue weighted by Gasteiger charge is -2.61. The van der Waals surface area contributed by atoms with Gasteiger partial charge in [0.1, 0.15) is 0 Å². The van der Waals surface area contributed by atoms with E-state index < -0.39 is 0 Å². The first-order chi connectivity index (χ1) is 5.88. The van der Waals surface area contributed by atoms with Gasteiger partial charge in [-0.1, -0.05) is 20.8 Å². The van der Waals surface area contributed by atoms with Crippen LogP contribution in [0.15, 0.2) is 0 Å². The van der Waals surface area contributed by atoms with Crippen molar-refractivity contribution in [1.29, 1.82) is 0 Å². The molecule has 3 atom stereocenters. The molecule has 3 unspecified atom stereocenters.